The fraction of sp³-hybridized carbons (Fsp3) is 0.552. The third-order valence-corrected chi connectivity index (χ3v) is 14.7. The molecule has 78 heavy (non-hydrogen) atoms. The minimum Gasteiger partial charge on any atom is -0.443 e. The van der Waals surface area contributed by atoms with Crippen LogP contribution in [0.1, 0.15) is 157 Å². The Labute approximate surface area is 471 Å². The van der Waals surface area contributed by atoms with Crippen LogP contribution in [0.25, 0.3) is 5.70 Å². The molecule has 4 aromatic rings. The smallest absolute Gasteiger partial charge is 0.443 e. The molecule has 4 aliphatic heterocycles. The maximum Gasteiger partial charge on any atom is 0.534 e. The molecule has 20 heteroatoms. The number of carbonyl (C=O) groups is 1. The second kappa shape index (κ2) is 29.3. The van der Waals surface area contributed by atoms with Gasteiger partial charge in [0.25, 0.3) is 0 Å². The average Bonchev–Trinajstić information content (AvgIpc) is 3.68. The molecule has 3 atom stereocenters. The van der Waals surface area contributed by atoms with E-state index < -0.39 is 21.2 Å². The van der Waals surface area contributed by atoms with Crippen LogP contribution < -0.4 is 10.8 Å². The number of aryl methyl sites for hydroxylation is 4. The summed E-state index contributed by atoms with van der Waals surface area (Å²) < 4.78 is 79.2. The van der Waals surface area contributed by atoms with Crippen molar-refractivity contribution in [2.24, 2.45) is 22.7 Å². The summed E-state index contributed by atoms with van der Waals surface area (Å²) in [6.07, 6.45) is 18.3. The highest BCUT2D eigenvalue weighted by molar-refractivity contribution is 9.10. The van der Waals surface area contributed by atoms with Crippen LogP contribution in [-0.2, 0) is 54.0 Å². The molecular weight excluding hydrogens is 1090 g/mol. The van der Waals surface area contributed by atoms with Crippen molar-refractivity contribution in [3.8, 4) is 0 Å². The molecule has 4 aliphatic rings. The zero-order valence-electron chi connectivity index (χ0n) is 48.1. The van der Waals surface area contributed by atoms with Gasteiger partial charge in [0, 0.05) is 94.0 Å². The molecule has 0 bridgehead atoms. The Hall–Kier alpha value is -5.18. The minimum absolute atomic E-state index is 0.242. The van der Waals surface area contributed by atoms with E-state index in [0.717, 1.165) is 95.0 Å². The Bertz CT molecular complexity index is 2700. The average molecular weight is 1170 g/mol. The first-order valence-electron chi connectivity index (χ1n) is 27.0. The SMILES string of the molecule is CC1CC=C(OS(=O)(=O)C(F)(F)F)NC1.CCc1ccc(B2OC(C)(C)C(C)(C)O2)cn1.CCc1ccc(Br)cn1.CCc1ccc(C2=CCC(C)CN2C(=O)OC(C)(C)C)cn1.CCc1ccc(C2=NCC(C)CC2)cn1. The van der Waals surface area contributed by atoms with Crippen LogP contribution in [0.5, 0.6) is 0 Å². The number of ether oxygens (including phenoxy) is 1. The molecule has 14 nitrogen and oxygen atoms in total. The van der Waals surface area contributed by atoms with E-state index in [-0.39, 0.29) is 36.2 Å². The number of pyridine rings is 4. The van der Waals surface area contributed by atoms with Gasteiger partial charge in [-0.1, -0.05) is 60.6 Å². The normalized spacial score (nSPS) is 19.7. The van der Waals surface area contributed by atoms with E-state index in [2.05, 4.69) is 138 Å². The molecule has 0 aromatic carbocycles. The lowest BCUT2D eigenvalue weighted by molar-refractivity contribution is -0.0526. The van der Waals surface area contributed by atoms with Gasteiger partial charge in [0.05, 0.1) is 16.9 Å². The molecule has 0 spiro atoms. The molecule has 1 fully saturated rings. The Morgan fingerprint density at radius 1 is 0.744 bits per heavy atom. The standard InChI is InChI=1S/C18H26N2O2.C13H20BNO2.C13H18N2.C7H8BrN.C7H10F3NO3S/c1-6-15-9-8-14(11-19-15)16-10-7-13(2)12-20(16)17(21)22-18(3,4)5;1-6-11-8-7-10(9-15-11)14-16-12(2,3)13(4,5)17-14;1-3-12-6-5-11(9-14-12)13-7-4-10(2)8-15-13;1-2-7-4-3-6(8)5-9-7;1-5-2-3-6(11-4-5)14-15(12,13)7(8,9)10/h8-11,13H,6-7,12H2,1-5H3;7-9H,6H2,1-5H3;5-6,9-10H,3-4,7-8H2,1-2H3;3-5H,2H2,1H3;3,5,11H,2,4H2,1H3. The molecule has 4 aromatic heterocycles. The van der Waals surface area contributed by atoms with Gasteiger partial charge in [-0.05, 0) is 182 Å². The van der Waals surface area contributed by atoms with E-state index in [1.54, 1.807) is 4.90 Å². The molecule has 8 rings (SSSR count). The van der Waals surface area contributed by atoms with Crippen LogP contribution in [0.4, 0.5) is 18.0 Å². The number of halogens is 4. The van der Waals surface area contributed by atoms with Gasteiger partial charge in [0.2, 0.25) is 5.88 Å². The number of rotatable bonds is 9. The lowest BCUT2D eigenvalue weighted by Gasteiger charge is -2.33. The molecule has 0 saturated carbocycles. The second-order valence-corrected chi connectivity index (χ2v) is 24.3. The van der Waals surface area contributed by atoms with Crippen LogP contribution in [0.15, 0.2) is 101 Å². The van der Waals surface area contributed by atoms with Crippen LogP contribution in [0, 0.1) is 17.8 Å². The predicted octanol–water partition coefficient (Wildman–Crippen LogP) is 12.8. The van der Waals surface area contributed by atoms with Crippen molar-refractivity contribution < 1.29 is 44.6 Å². The highest BCUT2D eigenvalue weighted by Crippen LogP contribution is 2.36. The van der Waals surface area contributed by atoms with Crippen molar-refractivity contribution in [2.45, 2.75) is 171 Å². The predicted molar refractivity (Wildman–Crippen MR) is 308 cm³/mol. The van der Waals surface area contributed by atoms with Gasteiger partial charge in [-0.15, -0.1) is 0 Å². The number of carbonyl (C=O) groups excluding carboxylic acids is 1. The lowest BCUT2D eigenvalue weighted by Crippen LogP contribution is -2.41. The topological polar surface area (TPSA) is 167 Å². The van der Waals surface area contributed by atoms with E-state index in [9.17, 15) is 26.4 Å². The largest absolute Gasteiger partial charge is 0.534 e. The molecule has 1 saturated heterocycles. The number of aliphatic imine (C=N–C) groups is 1. The first-order valence-corrected chi connectivity index (χ1v) is 29.2. The van der Waals surface area contributed by atoms with E-state index in [0.29, 0.717) is 25.4 Å². The van der Waals surface area contributed by atoms with Gasteiger partial charge in [-0.2, -0.15) is 21.6 Å². The molecule has 3 unspecified atom stereocenters. The van der Waals surface area contributed by atoms with Crippen LogP contribution in [0.3, 0.4) is 0 Å². The van der Waals surface area contributed by atoms with Crippen molar-refractivity contribution >= 4 is 56.1 Å². The summed E-state index contributed by atoms with van der Waals surface area (Å²) in [5.74, 6) is 1.06. The molecule has 428 valence electrons. The van der Waals surface area contributed by atoms with E-state index >= 15 is 0 Å². The summed E-state index contributed by atoms with van der Waals surface area (Å²) in [7, 11) is -5.85. The van der Waals surface area contributed by atoms with Gasteiger partial charge in [0.15, 0.2) is 0 Å². The Balaban J connectivity index is 0.000000215. The number of hydrogen-bond donors (Lipinski definition) is 1. The monoisotopic (exact) mass is 1170 g/mol. The lowest BCUT2D eigenvalue weighted by atomic mass is 9.80. The summed E-state index contributed by atoms with van der Waals surface area (Å²) in [4.78, 5) is 36.2. The summed E-state index contributed by atoms with van der Waals surface area (Å²) in [5, 5.41) is 2.46. The maximum absolute atomic E-state index is 12.5. The van der Waals surface area contributed by atoms with Gasteiger partial charge < -0.3 is 23.5 Å². The van der Waals surface area contributed by atoms with Gasteiger partial charge in [0.1, 0.15) is 5.60 Å². The van der Waals surface area contributed by atoms with Gasteiger partial charge in [-0.25, -0.2) is 4.79 Å². The zero-order valence-corrected chi connectivity index (χ0v) is 50.5. The van der Waals surface area contributed by atoms with Crippen molar-refractivity contribution in [2.75, 3.05) is 19.6 Å². The third-order valence-electron chi connectivity index (χ3n) is 13.3. The van der Waals surface area contributed by atoms with E-state index in [4.69, 9.17) is 14.0 Å². The van der Waals surface area contributed by atoms with Gasteiger partial charge >= 0.3 is 28.8 Å². The maximum atomic E-state index is 12.5. The number of amides is 1. The number of hydrogen-bond acceptors (Lipinski definition) is 13. The number of alkyl halides is 3. The van der Waals surface area contributed by atoms with E-state index in [1.807, 2.05) is 88.9 Å². The number of aromatic nitrogens is 4. The molecule has 8 heterocycles. The van der Waals surface area contributed by atoms with Crippen molar-refractivity contribution in [1.82, 2.24) is 30.2 Å². The van der Waals surface area contributed by atoms with Gasteiger partial charge in [-0.3, -0.25) is 29.8 Å². The highest BCUT2D eigenvalue weighted by atomic mass is 79.9. The van der Waals surface area contributed by atoms with E-state index in [1.165, 1.54) is 23.8 Å². The summed E-state index contributed by atoms with van der Waals surface area (Å²) >= 11 is 3.31. The quantitative estimate of drug-likeness (QED) is 0.0958. The first kappa shape index (κ1) is 65.3. The summed E-state index contributed by atoms with van der Waals surface area (Å²) in [6.45, 7) is 30.6. The number of nitrogens with one attached hydrogen (secondary N) is 1. The highest BCUT2D eigenvalue weighted by Gasteiger charge is 2.52. The molecule has 1 N–H and O–H groups in total. The Morgan fingerprint density at radius 3 is 1.68 bits per heavy atom. The zero-order chi connectivity index (χ0) is 58.1. The summed E-state index contributed by atoms with van der Waals surface area (Å²) in [6, 6.07) is 16.4. The van der Waals surface area contributed by atoms with Crippen molar-refractivity contribution in [3.63, 3.8) is 0 Å². The van der Waals surface area contributed by atoms with Crippen molar-refractivity contribution in [3.05, 3.63) is 130 Å². The van der Waals surface area contributed by atoms with Crippen LogP contribution >= 0.6 is 15.9 Å². The fourth-order valence-corrected chi connectivity index (χ4v) is 8.35. The second-order valence-electron chi connectivity index (χ2n) is 21.9. The molecule has 1 amide bonds. The summed E-state index contributed by atoms with van der Waals surface area (Å²) in [5.41, 5.74) is 3.28. The first-order chi connectivity index (χ1) is 36.5. The third kappa shape index (κ3) is 20.5. The van der Waals surface area contributed by atoms with Crippen LogP contribution in [0.2, 0.25) is 0 Å². The number of nitrogens with zero attached hydrogens (tertiary/aromatic N) is 6. The van der Waals surface area contributed by atoms with Crippen molar-refractivity contribution in [1.29, 1.82) is 0 Å². The Morgan fingerprint density at radius 2 is 1.26 bits per heavy atom. The molecule has 0 radical (unpaired) electrons. The molecule has 0 aliphatic carbocycles. The Kier molecular flexibility index (Phi) is 24.6. The minimum atomic E-state index is -5.55. The molecular formula is C58H82BBrF3N7O7S. The fourth-order valence-electron chi connectivity index (χ4n) is 7.66. The number of allylic oxidation sites excluding steroid dienone is 2. The van der Waals surface area contributed by atoms with Crippen LogP contribution in [-0.4, -0.2) is 94.1 Å².